The summed E-state index contributed by atoms with van der Waals surface area (Å²) >= 11 is 0. The lowest BCUT2D eigenvalue weighted by molar-refractivity contribution is -0.385. The standard InChI is InChI=1S/C14H22N2O3/c1-4-5-12(15-2)7-6-11-8-13(16(17)18)10-14(9-11)19-3/h8-10,12,15H,4-7H2,1-3H3. The number of hydrogen-bond donors (Lipinski definition) is 1. The van der Waals surface area contributed by atoms with Crippen molar-refractivity contribution in [3.63, 3.8) is 0 Å². The molecule has 0 saturated heterocycles. The summed E-state index contributed by atoms with van der Waals surface area (Å²) in [5.41, 5.74) is 1.04. The van der Waals surface area contributed by atoms with Gasteiger partial charge in [-0.2, -0.15) is 0 Å². The average molecular weight is 266 g/mol. The van der Waals surface area contributed by atoms with E-state index in [0.29, 0.717) is 11.8 Å². The molecule has 1 unspecified atom stereocenters. The second kappa shape index (κ2) is 7.74. The highest BCUT2D eigenvalue weighted by molar-refractivity contribution is 5.42. The van der Waals surface area contributed by atoms with Crippen LogP contribution >= 0.6 is 0 Å². The van der Waals surface area contributed by atoms with Gasteiger partial charge in [-0.15, -0.1) is 0 Å². The largest absolute Gasteiger partial charge is 0.496 e. The number of rotatable bonds is 8. The minimum Gasteiger partial charge on any atom is -0.496 e. The quantitative estimate of drug-likeness (QED) is 0.580. The van der Waals surface area contributed by atoms with Crippen molar-refractivity contribution >= 4 is 5.69 Å². The molecule has 19 heavy (non-hydrogen) atoms. The molecule has 0 heterocycles. The third-order valence-corrected chi connectivity index (χ3v) is 3.22. The van der Waals surface area contributed by atoms with E-state index in [0.717, 1.165) is 31.2 Å². The maximum atomic E-state index is 10.9. The fraction of sp³-hybridized carbons (Fsp3) is 0.571. The summed E-state index contributed by atoms with van der Waals surface area (Å²) in [5, 5.41) is 14.1. The summed E-state index contributed by atoms with van der Waals surface area (Å²) in [7, 11) is 3.48. The summed E-state index contributed by atoms with van der Waals surface area (Å²) in [6.07, 6.45) is 4.02. The van der Waals surface area contributed by atoms with Crippen LogP contribution in [0, 0.1) is 10.1 Å². The number of hydrogen-bond acceptors (Lipinski definition) is 4. The molecule has 1 aromatic carbocycles. The predicted octanol–water partition coefficient (Wildman–Crippen LogP) is 2.92. The molecule has 0 fully saturated rings. The van der Waals surface area contributed by atoms with Crippen LogP contribution in [0.25, 0.3) is 0 Å². The van der Waals surface area contributed by atoms with Crippen molar-refractivity contribution < 1.29 is 9.66 Å². The van der Waals surface area contributed by atoms with E-state index in [-0.39, 0.29) is 10.6 Å². The van der Waals surface area contributed by atoms with Crippen molar-refractivity contribution in [3.8, 4) is 5.75 Å². The van der Waals surface area contributed by atoms with Gasteiger partial charge in [-0.1, -0.05) is 13.3 Å². The highest BCUT2D eigenvalue weighted by Crippen LogP contribution is 2.23. The summed E-state index contributed by atoms with van der Waals surface area (Å²) in [5.74, 6) is 0.542. The Balaban J connectivity index is 2.76. The van der Waals surface area contributed by atoms with Gasteiger partial charge in [0.05, 0.1) is 18.1 Å². The maximum absolute atomic E-state index is 10.9. The number of nitro groups is 1. The Morgan fingerprint density at radius 3 is 2.63 bits per heavy atom. The lowest BCUT2D eigenvalue weighted by atomic mass is 10.0. The van der Waals surface area contributed by atoms with Gasteiger partial charge in [0.15, 0.2) is 0 Å². The highest BCUT2D eigenvalue weighted by Gasteiger charge is 2.11. The van der Waals surface area contributed by atoms with Crippen molar-refractivity contribution in [3.05, 3.63) is 33.9 Å². The first kappa shape index (κ1) is 15.4. The van der Waals surface area contributed by atoms with Crippen LogP contribution in [0.2, 0.25) is 0 Å². The van der Waals surface area contributed by atoms with Gasteiger partial charge in [0.1, 0.15) is 5.75 Å². The minimum atomic E-state index is -0.381. The van der Waals surface area contributed by atoms with Crippen LogP contribution < -0.4 is 10.1 Å². The van der Waals surface area contributed by atoms with E-state index in [9.17, 15) is 10.1 Å². The van der Waals surface area contributed by atoms with Crippen LogP contribution in [0.15, 0.2) is 18.2 Å². The summed E-state index contributed by atoms with van der Waals surface area (Å²) in [6, 6.07) is 5.40. The first-order chi connectivity index (χ1) is 9.10. The van der Waals surface area contributed by atoms with Gasteiger partial charge in [-0.05, 0) is 37.9 Å². The Bertz CT molecular complexity index is 421. The Labute approximate surface area is 114 Å². The molecule has 106 valence electrons. The maximum Gasteiger partial charge on any atom is 0.273 e. The zero-order valence-electron chi connectivity index (χ0n) is 11.8. The first-order valence-corrected chi connectivity index (χ1v) is 6.60. The van der Waals surface area contributed by atoms with Crippen molar-refractivity contribution in [2.24, 2.45) is 0 Å². The molecule has 1 atom stereocenters. The van der Waals surface area contributed by atoms with Crippen LogP contribution in [0.3, 0.4) is 0 Å². The van der Waals surface area contributed by atoms with Crippen molar-refractivity contribution in [2.45, 2.75) is 38.6 Å². The smallest absolute Gasteiger partial charge is 0.273 e. The summed E-state index contributed by atoms with van der Waals surface area (Å²) in [4.78, 5) is 10.5. The number of nitrogens with one attached hydrogen (secondary N) is 1. The Morgan fingerprint density at radius 2 is 2.11 bits per heavy atom. The molecule has 0 amide bonds. The monoisotopic (exact) mass is 266 g/mol. The third-order valence-electron chi connectivity index (χ3n) is 3.22. The van der Waals surface area contributed by atoms with E-state index < -0.39 is 0 Å². The minimum absolute atomic E-state index is 0.0887. The SMILES string of the molecule is CCCC(CCc1cc(OC)cc([N+](=O)[O-])c1)NC. The highest BCUT2D eigenvalue weighted by atomic mass is 16.6. The topological polar surface area (TPSA) is 64.4 Å². The van der Waals surface area contributed by atoms with Gasteiger partial charge in [0.25, 0.3) is 5.69 Å². The van der Waals surface area contributed by atoms with Crippen LogP contribution in [-0.2, 0) is 6.42 Å². The number of ether oxygens (including phenoxy) is 1. The van der Waals surface area contributed by atoms with E-state index in [2.05, 4.69) is 12.2 Å². The molecule has 0 aliphatic carbocycles. The van der Waals surface area contributed by atoms with Gasteiger partial charge < -0.3 is 10.1 Å². The molecule has 5 nitrogen and oxygen atoms in total. The normalized spacial score (nSPS) is 12.2. The number of benzene rings is 1. The van der Waals surface area contributed by atoms with Crippen LogP contribution in [0.4, 0.5) is 5.69 Å². The van der Waals surface area contributed by atoms with Crippen molar-refractivity contribution in [1.29, 1.82) is 0 Å². The zero-order chi connectivity index (χ0) is 14.3. The fourth-order valence-electron chi connectivity index (χ4n) is 2.13. The molecule has 0 aromatic heterocycles. The number of nitro benzene ring substituents is 1. The molecule has 0 saturated carbocycles. The molecule has 1 rings (SSSR count). The molecule has 0 aliphatic heterocycles. The lowest BCUT2D eigenvalue weighted by Crippen LogP contribution is -2.25. The van der Waals surface area contributed by atoms with E-state index in [1.165, 1.54) is 13.2 Å². The van der Waals surface area contributed by atoms with E-state index >= 15 is 0 Å². The molecule has 1 N–H and O–H groups in total. The summed E-state index contributed by atoms with van der Waals surface area (Å²) < 4.78 is 5.11. The van der Waals surface area contributed by atoms with Gasteiger partial charge in [0.2, 0.25) is 0 Å². The third kappa shape index (κ3) is 4.87. The van der Waals surface area contributed by atoms with Gasteiger partial charge in [-0.3, -0.25) is 10.1 Å². The lowest BCUT2D eigenvalue weighted by Gasteiger charge is -2.15. The van der Waals surface area contributed by atoms with Gasteiger partial charge in [0, 0.05) is 12.1 Å². The Hall–Kier alpha value is -1.62. The van der Waals surface area contributed by atoms with E-state index in [4.69, 9.17) is 4.74 Å². The van der Waals surface area contributed by atoms with E-state index in [1.54, 1.807) is 6.07 Å². The van der Waals surface area contributed by atoms with Crippen LogP contribution in [0.5, 0.6) is 5.75 Å². The molecule has 5 heteroatoms. The van der Waals surface area contributed by atoms with Crippen LogP contribution in [-0.4, -0.2) is 25.1 Å². The van der Waals surface area contributed by atoms with Gasteiger partial charge >= 0.3 is 0 Å². The number of aryl methyl sites for hydroxylation is 1. The molecule has 0 aliphatic rings. The van der Waals surface area contributed by atoms with Crippen molar-refractivity contribution in [1.82, 2.24) is 5.32 Å². The van der Waals surface area contributed by atoms with E-state index in [1.807, 2.05) is 13.1 Å². The molecule has 1 aromatic rings. The van der Waals surface area contributed by atoms with Crippen LogP contribution in [0.1, 0.15) is 31.7 Å². The Kier molecular flexibility index (Phi) is 6.29. The Morgan fingerprint density at radius 1 is 1.37 bits per heavy atom. The predicted molar refractivity (Wildman–Crippen MR) is 75.7 cm³/mol. The fourth-order valence-corrected chi connectivity index (χ4v) is 2.13. The van der Waals surface area contributed by atoms with Gasteiger partial charge in [-0.25, -0.2) is 0 Å². The number of non-ortho nitro benzene ring substituents is 1. The first-order valence-electron chi connectivity index (χ1n) is 6.60. The van der Waals surface area contributed by atoms with Crippen molar-refractivity contribution in [2.75, 3.05) is 14.2 Å². The molecule has 0 radical (unpaired) electrons. The second-order valence-corrected chi connectivity index (χ2v) is 4.61. The zero-order valence-corrected chi connectivity index (χ0v) is 11.8. The molecule has 0 spiro atoms. The molecular formula is C14H22N2O3. The summed E-state index contributed by atoms with van der Waals surface area (Å²) in [6.45, 7) is 2.15. The number of nitrogens with zero attached hydrogens (tertiary/aromatic N) is 1. The molecular weight excluding hydrogens is 244 g/mol. The molecule has 0 bridgehead atoms. The average Bonchev–Trinajstić information content (AvgIpc) is 2.42. The number of methoxy groups -OCH3 is 1. The second-order valence-electron chi connectivity index (χ2n) is 4.61.